The molecule has 3 N–H and O–H groups in total. The summed E-state index contributed by atoms with van der Waals surface area (Å²) in [6.45, 7) is 6.31. The summed E-state index contributed by atoms with van der Waals surface area (Å²) in [6.07, 6.45) is 3.99. The molecule has 1 fully saturated rings. The van der Waals surface area contributed by atoms with Crippen molar-refractivity contribution in [3.8, 4) is 11.4 Å². The highest BCUT2D eigenvalue weighted by molar-refractivity contribution is 5.54. The third-order valence-electron chi connectivity index (χ3n) is 4.29. The lowest BCUT2D eigenvalue weighted by atomic mass is 10.0. The molecule has 0 saturated carbocycles. The Balaban J connectivity index is 1.99. The minimum Gasteiger partial charge on any atom is -0.508 e. The summed E-state index contributed by atoms with van der Waals surface area (Å²) in [4.78, 5) is 2.38. The monoisotopic (exact) mass is 300 g/mol. The molecular weight excluding hydrogens is 276 g/mol. The molecule has 0 aliphatic carbocycles. The molecule has 1 aliphatic heterocycles. The fraction of sp³-hybridized carbons (Fsp3) is 0.471. The Morgan fingerprint density at radius 1 is 1.27 bits per heavy atom. The van der Waals surface area contributed by atoms with E-state index < -0.39 is 0 Å². The second kappa shape index (κ2) is 6.01. The number of phenols is 1. The molecule has 118 valence electrons. The molecule has 3 rings (SSSR count). The van der Waals surface area contributed by atoms with E-state index in [1.165, 1.54) is 11.4 Å². The SMILES string of the molecule is CC(C)c1c(N2CCC(N)CC2)cnn1-c1cccc(O)c1. The van der Waals surface area contributed by atoms with Gasteiger partial charge in [0.1, 0.15) is 5.75 Å². The molecule has 0 atom stereocenters. The van der Waals surface area contributed by atoms with E-state index in [2.05, 4.69) is 23.8 Å². The number of aromatic nitrogens is 2. The first kappa shape index (κ1) is 14.9. The molecule has 1 aromatic heterocycles. The summed E-state index contributed by atoms with van der Waals surface area (Å²) < 4.78 is 1.94. The van der Waals surface area contributed by atoms with E-state index in [4.69, 9.17) is 5.73 Å². The zero-order valence-electron chi connectivity index (χ0n) is 13.2. The lowest BCUT2D eigenvalue weighted by Gasteiger charge is -2.32. The van der Waals surface area contributed by atoms with Crippen LogP contribution >= 0.6 is 0 Å². The van der Waals surface area contributed by atoms with Crippen LogP contribution in [0.3, 0.4) is 0 Å². The van der Waals surface area contributed by atoms with Gasteiger partial charge in [0.2, 0.25) is 0 Å². The quantitative estimate of drug-likeness (QED) is 0.914. The highest BCUT2D eigenvalue weighted by atomic mass is 16.3. The van der Waals surface area contributed by atoms with Crippen molar-refractivity contribution in [2.45, 2.75) is 38.6 Å². The summed E-state index contributed by atoms with van der Waals surface area (Å²) in [5.41, 5.74) is 9.27. The van der Waals surface area contributed by atoms with Crippen molar-refractivity contribution in [1.82, 2.24) is 9.78 Å². The number of nitrogens with two attached hydrogens (primary N) is 1. The average Bonchev–Trinajstić information content (AvgIpc) is 2.93. The molecule has 0 amide bonds. The summed E-state index contributed by atoms with van der Waals surface area (Å²) >= 11 is 0. The zero-order chi connectivity index (χ0) is 15.7. The van der Waals surface area contributed by atoms with Gasteiger partial charge in [0, 0.05) is 25.2 Å². The van der Waals surface area contributed by atoms with Gasteiger partial charge in [-0.3, -0.25) is 0 Å². The van der Waals surface area contributed by atoms with Gasteiger partial charge >= 0.3 is 0 Å². The smallest absolute Gasteiger partial charge is 0.117 e. The van der Waals surface area contributed by atoms with Crippen molar-refractivity contribution >= 4 is 5.69 Å². The van der Waals surface area contributed by atoms with Gasteiger partial charge in [-0.2, -0.15) is 5.10 Å². The first-order valence-electron chi connectivity index (χ1n) is 7.94. The van der Waals surface area contributed by atoms with Gasteiger partial charge in [-0.25, -0.2) is 4.68 Å². The Kier molecular flexibility index (Phi) is 4.07. The highest BCUT2D eigenvalue weighted by Crippen LogP contribution is 2.31. The third kappa shape index (κ3) is 2.81. The molecule has 1 aliphatic rings. The Labute approximate surface area is 131 Å². The first-order chi connectivity index (χ1) is 10.6. The molecule has 1 aromatic carbocycles. The van der Waals surface area contributed by atoms with Gasteiger partial charge in [0.25, 0.3) is 0 Å². The number of phenolic OH excluding ortho intramolecular Hbond substituents is 1. The van der Waals surface area contributed by atoms with Crippen LogP contribution in [-0.2, 0) is 0 Å². The molecule has 22 heavy (non-hydrogen) atoms. The van der Waals surface area contributed by atoms with Gasteiger partial charge in [-0.05, 0) is 30.9 Å². The van der Waals surface area contributed by atoms with E-state index in [1.807, 2.05) is 23.0 Å². The van der Waals surface area contributed by atoms with Gasteiger partial charge in [-0.15, -0.1) is 0 Å². The summed E-state index contributed by atoms with van der Waals surface area (Å²) in [6, 6.07) is 7.55. The van der Waals surface area contributed by atoms with Crippen molar-refractivity contribution in [2.75, 3.05) is 18.0 Å². The number of hydrogen-bond donors (Lipinski definition) is 2. The van der Waals surface area contributed by atoms with E-state index >= 15 is 0 Å². The van der Waals surface area contributed by atoms with E-state index in [-0.39, 0.29) is 5.75 Å². The van der Waals surface area contributed by atoms with Crippen LogP contribution in [-0.4, -0.2) is 34.0 Å². The molecule has 0 spiro atoms. The second-order valence-electron chi connectivity index (χ2n) is 6.33. The van der Waals surface area contributed by atoms with Crippen molar-refractivity contribution in [3.63, 3.8) is 0 Å². The molecule has 5 nitrogen and oxygen atoms in total. The van der Waals surface area contributed by atoms with Crippen LogP contribution in [0.5, 0.6) is 5.75 Å². The Hall–Kier alpha value is -2.01. The molecule has 0 unspecified atom stereocenters. The molecular formula is C17H24N4O. The number of aromatic hydroxyl groups is 1. The maximum Gasteiger partial charge on any atom is 0.117 e. The minimum atomic E-state index is 0.258. The van der Waals surface area contributed by atoms with Gasteiger partial charge in [-0.1, -0.05) is 19.9 Å². The summed E-state index contributed by atoms with van der Waals surface area (Å²) in [5.74, 6) is 0.601. The standard InChI is InChI=1S/C17H24N4O/c1-12(2)17-16(20-8-6-13(18)7-9-20)11-19-21(17)14-4-3-5-15(22)10-14/h3-5,10-13,22H,6-9,18H2,1-2H3. The van der Waals surface area contributed by atoms with E-state index in [0.717, 1.165) is 31.6 Å². The third-order valence-corrected chi connectivity index (χ3v) is 4.29. The highest BCUT2D eigenvalue weighted by Gasteiger charge is 2.23. The molecule has 0 radical (unpaired) electrons. The number of hydrogen-bond acceptors (Lipinski definition) is 4. The number of nitrogens with zero attached hydrogens (tertiary/aromatic N) is 3. The normalized spacial score (nSPS) is 16.5. The summed E-state index contributed by atoms with van der Waals surface area (Å²) in [7, 11) is 0. The molecule has 1 saturated heterocycles. The van der Waals surface area contributed by atoms with Crippen LogP contribution < -0.4 is 10.6 Å². The van der Waals surface area contributed by atoms with Gasteiger partial charge < -0.3 is 15.7 Å². The fourth-order valence-corrected chi connectivity index (χ4v) is 3.10. The van der Waals surface area contributed by atoms with E-state index in [1.54, 1.807) is 12.1 Å². The maximum absolute atomic E-state index is 9.72. The Morgan fingerprint density at radius 2 is 2.00 bits per heavy atom. The van der Waals surface area contributed by atoms with E-state index in [0.29, 0.717) is 12.0 Å². The number of anilines is 1. The zero-order valence-corrected chi connectivity index (χ0v) is 13.2. The maximum atomic E-state index is 9.72. The van der Waals surface area contributed by atoms with Crippen molar-refractivity contribution in [3.05, 3.63) is 36.2 Å². The summed E-state index contributed by atoms with van der Waals surface area (Å²) in [5, 5.41) is 14.3. The molecule has 0 bridgehead atoms. The van der Waals surface area contributed by atoms with Crippen LogP contribution in [0, 0.1) is 0 Å². The van der Waals surface area contributed by atoms with Gasteiger partial charge in [0.15, 0.2) is 0 Å². The van der Waals surface area contributed by atoms with Crippen LogP contribution in [0.4, 0.5) is 5.69 Å². The number of benzene rings is 1. The largest absolute Gasteiger partial charge is 0.508 e. The van der Waals surface area contributed by atoms with Crippen molar-refractivity contribution < 1.29 is 5.11 Å². The van der Waals surface area contributed by atoms with Gasteiger partial charge in [0.05, 0.1) is 23.3 Å². The molecule has 2 heterocycles. The lowest BCUT2D eigenvalue weighted by molar-refractivity contribution is 0.474. The lowest BCUT2D eigenvalue weighted by Crippen LogP contribution is -2.40. The average molecular weight is 300 g/mol. The molecule has 2 aromatic rings. The van der Waals surface area contributed by atoms with Crippen LogP contribution in [0.25, 0.3) is 5.69 Å². The van der Waals surface area contributed by atoms with E-state index in [9.17, 15) is 5.11 Å². The van der Waals surface area contributed by atoms with Crippen LogP contribution in [0.1, 0.15) is 38.3 Å². The Bertz CT molecular complexity index is 642. The topological polar surface area (TPSA) is 67.3 Å². The van der Waals surface area contributed by atoms with Crippen molar-refractivity contribution in [1.29, 1.82) is 0 Å². The number of rotatable bonds is 3. The van der Waals surface area contributed by atoms with Crippen LogP contribution in [0.15, 0.2) is 30.5 Å². The minimum absolute atomic E-state index is 0.258. The fourth-order valence-electron chi connectivity index (χ4n) is 3.10. The predicted molar refractivity (Wildman–Crippen MR) is 88.7 cm³/mol. The predicted octanol–water partition coefficient (Wildman–Crippen LogP) is 2.63. The first-order valence-corrected chi connectivity index (χ1v) is 7.94. The second-order valence-corrected chi connectivity index (χ2v) is 6.33. The van der Waals surface area contributed by atoms with Crippen molar-refractivity contribution in [2.24, 2.45) is 5.73 Å². The van der Waals surface area contributed by atoms with Crippen LogP contribution in [0.2, 0.25) is 0 Å². The number of piperidine rings is 1. The molecule has 5 heteroatoms. The Morgan fingerprint density at radius 3 is 2.64 bits per heavy atom.